The van der Waals surface area contributed by atoms with E-state index in [9.17, 15) is 4.79 Å². The van der Waals surface area contributed by atoms with Crippen molar-refractivity contribution in [3.8, 4) is 5.88 Å². The van der Waals surface area contributed by atoms with Gasteiger partial charge in [0.1, 0.15) is 12.1 Å². The van der Waals surface area contributed by atoms with E-state index in [1.165, 1.54) is 13.4 Å². The molecule has 0 saturated heterocycles. The molecule has 0 aliphatic rings. The molecule has 76 valence electrons. The average Bonchev–Trinajstić information content (AvgIpc) is 2.18. The Labute approximate surface area is 83.3 Å². The second-order valence-corrected chi connectivity index (χ2v) is 3.35. The lowest BCUT2D eigenvalue weighted by atomic mass is 10.0. The van der Waals surface area contributed by atoms with Crippen molar-refractivity contribution in [3.05, 3.63) is 18.1 Å². The third-order valence-corrected chi connectivity index (χ3v) is 1.91. The second-order valence-electron chi connectivity index (χ2n) is 3.35. The molecule has 0 fully saturated rings. The third-order valence-electron chi connectivity index (χ3n) is 1.91. The fourth-order valence-corrected chi connectivity index (χ4v) is 0.968. The van der Waals surface area contributed by atoms with Crippen LogP contribution in [0.1, 0.15) is 19.5 Å². The Hall–Kier alpha value is -1.45. The highest BCUT2D eigenvalue weighted by molar-refractivity contribution is 5.82. The SMILES string of the molecule is COc1cc(CC(=O)C(C)C)ncn1. The molecule has 0 amide bonds. The number of carbonyl (C=O) groups excluding carboxylic acids is 1. The number of nitrogens with zero attached hydrogens (tertiary/aromatic N) is 2. The normalized spacial score (nSPS) is 10.3. The van der Waals surface area contributed by atoms with E-state index in [1.807, 2.05) is 13.8 Å². The zero-order valence-electron chi connectivity index (χ0n) is 8.65. The predicted octanol–water partition coefficient (Wildman–Crippen LogP) is 1.25. The van der Waals surface area contributed by atoms with Crippen LogP contribution in [0.3, 0.4) is 0 Å². The minimum atomic E-state index is 0.0379. The summed E-state index contributed by atoms with van der Waals surface area (Å²) in [4.78, 5) is 19.3. The van der Waals surface area contributed by atoms with Gasteiger partial charge in [-0.3, -0.25) is 4.79 Å². The Morgan fingerprint density at radius 1 is 1.50 bits per heavy atom. The van der Waals surface area contributed by atoms with E-state index in [2.05, 4.69) is 9.97 Å². The molecule has 0 aromatic carbocycles. The number of ether oxygens (including phenoxy) is 1. The Morgan fingerprint density at radius 2 is 2.21 bits per heavy atom. The zero-order valence-corrected chi connectivity index (χ0v) is 8.65. The smallest absolute Gasteiger partial charge is 0.216 e. The summed E-state index contributed by atoms with van der Waals surface area (Å²) in [5.41, 5.74) is 0.704. The quantitative estimate of drug-likeness (QED) is 0.724. The molecule has 0 N–H and O–H groups in total. The van der Waals surface area contributed by atoms with Gasteiger partial charge in [-0.05, 0) is 0 Å². The molecule has 1 rings (SSSR count). The molecule has 0 atom stereocenters. The Balaban J connectivity index is 2.72. The first kappa shape index (κ1) is 10.6. The summed E-state index contributed by atoms with van der Waals surface area (Å²) in [7, 11) is 1.54. The molecule has 1 heterocycles. The van der Waals surface area contributed by atoms with Gasteiger partial charge in [0.05, 0.1) is 12.8 Å². The van der Waals surface area contributed by atoms with Crippen LogP contribution >= 0.6 is 0 Å². The summed E-state index contributed by atoms with van der Waals surface area (Å²) in [6.07, 6.45) is 1.75. The standard InChI is InChI=1S/C10H14N2O2/c1-7(2)9(13)4-8-5-10(14-3)12-6-11-8/h5-7H,4H2,1-3H3. The van der Waals surface area contributed by atoms with Crippen molar-refractivity contribution in [2.24, 2.45) is 5.92 Å². The molecular weight excluding hydrogens is 180 g/mol. The van der Waals surface area contributed by atoms with E-state index in [0.717, 1.165) is 0 Å². The van der Waals surface area contributed by atoms with Gasteiger partial charge in [-0.15, -0.1) is 0 Å². The lowest BCUT2D eigenvalue weighted by Crippen LogP contribution is -2.11. The maximum absolute atomic E-state index is 11.4. The van der Waals surface area contributed by atoms with Crippen LogP contribution in [-0.4, -0.2) is 22.9 Å². The summed E-state index contributed by atoms with van der Waals surface area (Å²) in [5, 5.41) is 0. The number of ketones is 1. The molecule has 4 heteroatoms. The van der Waals surface area contributed by atoms with Crippen LogP contribution in [0.15, 0.2) is 12.4 Å². The van der Waals surface area contributed by atoms with E-state index in [4.69, 9.17) is 4.74 Å². The number of methoxy groups -OCH3 is 1. The number of hydrogen-bond donors (Lipinski definition) is 0. The Bertz CT molecular complexity index is 324. The molecule has 0 unspecified atom stereocenters. The Morgan fingerprint density at radius 3 is 2.79 bits per heavy atom. The number of carbonyl (C=O) groups is 1. The fourth-order valence-electron chi connectivity index (χ4n) is 0.968. The maximum atomic E-state index is 11.4. The summed E-state index contributed by atoms with van der Waals surface area (Å²) in [5.74, 6) is 0.702. The highest BCUT2D eigenvalue weighted by atomic mass is 16.5. The monoisotopic (exact) mass is 194 g/mol. The summed E-state index contributed by atoms with van der Waals surface area (Å²) < 4.78 is 4.93. The highest BCUT2D eigenvalue weighted by Gasteiger charge is 2.09. The predicted molar refractivity (Wildman–Crippen MR) is 52.1 cm³/mol. The largest absolute Gasteiger partial charge is 0.481 e. The van der Waals surface area contributed by atoms with Gasteiger partial charge in [0.25, 0.3) is 0 Å². The number of Topliss-reactive ketones (excluding diaryl/α,β-unsaturated/α-hetero) is 1. The van der Waals surface area contributed by atoms with Crippen LogP contribution in [0.2, 0.25) is 0 Å². The van der Waals surface area contributed by atoms with Gasteiger partial charge in [-0.1, -0.05) is 13.8 Å². The molecule has 0 aliphatic carbocycles. The summed E-state index contributed by atoms with van der Waals surface area (Å²) in [6.45, 7) is 3.75. The Kier molecular flexibility index (Phi) is 3.56. The van der Waals surface area contributed by atoms with Crippen LogP contribution < -0.4 is 4.74 Å². The molecule has 0 radical (unpaired) electrons. The molecule has 0 saturated carbocycles. The van der Waals surface area contributed by atoms with E-state index < -0.39 is 0 Å². The summed E-state index contributed by atoms with van der Waals surface area (Å²) in [6, 6.07) is 1.68. The third kappa shape index (κ3) is 2.80. The van der Waals surface area contributed by atoms with E-state index >= 15 is 0 Å². The van der Waals surface area contributed by atoms with E-state index in [1.54, 1.807) is 6.07 Å². The molecule has 0 bridgehead atoms. The lowest BCUT2D eigenvalue weighted by Gasteiger charge is -2.04. The van der Waals surface area contributed by atoms with E-state index in [-0.39, 0.29) is 11.7 Å². The maximum Gasteiger partial charge on any atom is 0.216 e. The molecule has 14 heavy (non-hydrogen) atoms. The lowest BCUT2D eigenvalue weighted by molar-refractivity contribution is -0.121. The molecule has 0 spiro atoms. The van der Waals surface area contributed by atoms with Crippen molar-refractivity contribution in [1.82, 2.24) is 9.97 Å². The second kappa shape index (κ2) is 4.69. The van der Waals surface area contributed by atoms with Gasteiger partial charge >= 0.3 is 0 Å². The van der Waals surface area contributed by atoms with Gasteiger partial charge in [-0.25, -0.2) is 9.97 Å². The molecule has 0 aliphatic heterocycles. The fraction of sp³-hybridized carbons (Fsp3) is 0.500. The molecular formula is C10H14N2O2. The van der Waals surface area contributed by atoms with Crippen LogP contribution in [0.25, 0.3) is 0 Å². The average molecular weight is 194 g/mol. The summed E-state index contributed by atoms with van der Waals surface area (Å²) >= 11 is 0. The molecule has 1 aromatic heterocycles. The van der Waals surface area contributed by atoms with Gasteiger partial charge in [-0.2, -0.15) is 0 Å². The van der Waals surface area contributed by atoms with Crippen LogP contribution in [0.5, 0.6) is 5.88 Å². The highest BCUT2D eigenvalue weighted by Crippen LogP contribution is 2.08. The number of aromatic nitrogens is 2. The molecule has 1 aromatic rings. The van der Waals surface area contributed by atoms with E-state index in [0.29, 0.717) is 18.0 Å². The first-order valence-electron chi connectivity index (χ1n) is 4.51. The van der Waals surface area contributed by atoms with Crippen molar-refractivity contribution in [1.29, 1.82) is 0 Å². The zero-order chi connectivity index (χ0) is 10.6. The van der Waals surface area contributed by atoms with Crippen LogP contribution in [0.4, 0.5) is 0 Å². The van der Waals surface area contributed by atoms with Gasteiger partial charge in [0.15, 0.2) is 0 Å². The van der Waals surface area contributed by atoms with Crippen molar-refractivity contribution in [2.45, 2.75) is 20.3 Å². The van der Waals surface area contributed by atoms with Crippen LogP contribution in [-0.2, 0) is 11.2 Å². The van der Waals surface area contributed by atoms with Crippen molar-refractivity contribution >= 4 is 5.78 Å². The minimum absolute atomic E-state index is 0.0379. The van der Waals surface area contributed by atoms with Crippen LogP contribution in [0, 0.1) is 5.92 Å². The van der Waals surface area contributed by atoms with Crippen molar-refractivity contribution in [3.63, 3.8) is 0 Å². The van der Waals surface area contributed by atoms with Gasteiger partial charge < -0.3 is 4.74 Å². The van der Waals surface area contributed by atoms with Gasteiger partial charge in [0, 0.05) is 18.4 Å². The number of rotatable bonds is 4. The van der Waals surface area contributed by atoms with Crippen molar-refractivity contribution < 1.29 is 9.53 Å². The number of hydrogen-bond acceptors (Lipinski definition) is 4. The topological polar surface area (TPSA) is 52.1 Å². The minimum Gasteiger partial charge on any atom is -0.481 e. The molecule has 4 nitrogen and oxygen atoms in total. The van der Waals surface area contributed by atoms with Crippen molar-refractivity contribution in [2.75, 3.05) is 7.11 Å². The first-order valence-corrected chi connectivity index (χ1v) is 4.51. The van der Waals surface area contributed by atoms with Gasteiger partial charge in [0.2, 0.25) is 5.88 Å². The first-order chi connectivity index (χ1) is 6.63.